The highest BCUT2D eigenvalue weighted by atomic mass is 16.5. The summed E-state index contributed by atoms with van der Waals surface area (Å²) in [6.07, 6.45) is 8.08. The number of ether oxygens (including phenoxy) is 2. The number of fused-ring (bicyclic) bond motifs is 2. The van der Waals surface area contributed by atoms with Crippen molar-refractivity contribution in [1.29, 1.82) is 0 Å². The molecule has 0 fully saturated rings. The molecule has 1 aliphatic carbocycles. The summed E-state index contributed by atoms with van der Waals surface area (Å²) in [5, 5.41) is 0. The maximum Gasteiger partial charge on any atom is 0.161 e. The Hall–Kier alpha value is -3.50. The standard InChI is InChI=1S/C31H32N2O2/c1-31(2,25-11-15-27(16-12-25)32-19-23-7-3-5-9-29(23)34-21-32)26-13-17-28(18-14-26)33-20-24-8-4-6-10-30(24)35-22-33/h3-17,28H,18-22H2,1-2H3. The number of hydrogen-bond acceptors (Lipinski definition) is 4. The van der Waals surface area contributed by atoms with Crippen LogP contribution in [0, 0.1) is 0 Å². The Labute approximate surface area is 208 Å². The monoisotopic (exact) mass is 464 g/mol. The van der Waals surface area contributed by atoms with Gasteiger partial charge in [-0.15, -0.1) is 0 Å². The predicted molar refractivity (Wildman–Crippen MR) is 141 cm³/mol. The highest BCUT2D eigenvalue weighted by Crippen LogP contribution is 2.37. The van der Waals surface area contributed by atoms with Crippen LogP contribution in [0.15, 0.2) is 96.6 Å². The smallest absolute Gasteiger partial charge is 0.161 e. The zero-order valence-corrected chi connectivity index (χ0v) is 20.5. The fraction of sp³-hybridized carbons (Fsp3) is 0.290. The molecule has 0 aromatic heterocycles. The Balaban J connectivity index is 1.13. The molecule has 0 saturated carbocycles. The predicted octanol–water partition coefficient (Wildman–Crippen LogP) is 6.43. The van der Waals surface area contributed by atoms with E-state index in [4.69, 9.17) is 9.47 Å². The van der Waals surface area contributed by atoms with Crippen LogP contribution in [0.5, 0.6) is 11.5 Å². The van der Waals surface area contributed by atoms with Crippen LogP contribution < -0.4 is 14.4 Å². The van der Waals surface area contributed by atoms with Crippen molar-refractivity contribution < 1.29 is 9.47 Å². The first-order valence-electron chi connectivity index (χ1n) is 12.5. The second-order valence-corrected chi connectivity index (χ2v) is 10.2. The lowest BCUT2D eigenvalue weighted by Crippen LogP contribution is -2.40. The van der Waals surface area contributed by atoms with Crippen molar-refractivity contribution in [2.75, 3.05) is 18.4 Å². The molecule has 3 aliphatic rings. The lowest BCUT2D eigenvalue weighted by Gasteiger charge is -2.36. The molecule has 1 atom stereocenters. The Morgan fingerprint density at radius 1 is 0.771 bits per heavy atom. The van der Waals surface area contributed by atoms with Gasteiger partial charge in [0.15, 0.2) is 6.73 Å². The van der Waals surface area contributed by atoms with E-state index in [1.54, 1.807) is 0 Å². The van der Waals surface area contributed by atoms with E-state index >= 15 is 0 Å². The van der Waals surface area contributed by atoms with Crippen LogP contribution in [0.25, 0.3) is 0 Å². The zero-order chi connectivity index (χ0) is 23.8. The van der Waals surface area contributed by atoms with E-state index in [9.17, 15) is 0 Å². The van der Waals surface area contributed by atoms with Gasteiger partial charge in [0.05, 0.1) is 0 Å². The van der Waals surface area contributed by atoms with Gasteiger partial charge in [-0.2, -0.15) is 0 Å². The van der Waals surface area contributed by atoms with E-state index in [-0.39, 0.29) is 5.41 Å². The van der Waals surface area contributed by atoms with Gasteiger partial charge in [0.2, 0.25) is 0 Å². The molecule has 3 aromatic carbocycles. The van der Waals surface area contributed by atoms with Gasteiger partial charge in [0.1, 0.15) is 18.2 Å². The molecule has 4 nitrogen and oxygen atoms in total. The summed E-state index contributed by atoms with van der Waals surface area (Å²) in [6, 6.07) is 26.0. The Morgan fingerprint density at radius 2 is 1.43 bits per heavy atom. The molecule has 3 aromatic rings. The first-order valence-corrected chi connectivity index (χ1v) is 12.5. The Bertz CT molecular complexity index is 1280. The SMILES string of the molecule is CC(C)(C1=CCC(N2COc3ccccc3C2)C=C1)c1ccc(N2COc3ccccc3C2)cc1. The highest BCUT2D eigenvalue weighted by molar-refractivity contribution is 5.53. The Kier molecular flexibility index (Phi) is 5.62. The summed E-state index contributed by atoms with van der Waals surface area (Å²) < 4.78 is 11.9. The van der Waals surface area contributed by atoms with E-state index < -0.39 is 0 Å². The summed E-state index contributed by atoms with van der Waals surface area (Å²) >= 11 is 0. The number of nitrogens with zero attached hydrogens (tertiary/aromatic N) is 2. The van der Waals surface area contributed by atoms with Crippen molar-refractivity contribution in [2.24, 2.45) is 0 Å². The van der Waals surface area contributed by atoms with Crippen molar-refractivity contribution in [3.05, 3.63) is 113 Å². The van der Waals surface area contributed by atoms with Crippen molar-refractivity contribution in [3.8, 4) is 11.5 Å². The number of benzene rings is 3. The second-order valence-electron chi connectivity index (χ2n) is 10.2. The number of rotatable bonds is 4. The minimum atomic E-state index is -0.0595. The molecule has 0 N–H and O–H groups in total. The molecule has 2 heterocycles. The van der Waals surface area contributed by atoms with E-state index in [2.05, 4.69) is 96.5 Å². The van der Waals surface area contributed by atoms with Crippen LogP contribution >= 0.6 is 0 Å². The Morgan fingerprint density at radius 3 is 2.11 bits per heavy atom. The van der Waals surface area contributed by atoms with Crippen molar-refractivity contribution >= 4 is 5.69 Å². The fourth-order valence-corrected chi connectivity index (χ4v) is 5.34. The highest BCUT2D eigenvalue weighted by Gasteiger charge is 2.29. The molecule has 2 aliphatic heterocycles. The average molecular weight is 465 g/mol. The summed E-state index contributed by atoms with van der Waals surface area (Å²) in [4.78, 5) is 4.69. The van der Waals surface area contributed by atoms with Crippen LogP contribution in [-0.4, -0.2) is 24.4 Å². The van der Waals surface area contributed by atoms with Crippen LogP contribution in [-0.2, 0) is 18.5 Å². The van der Waals surface area contributed by atoms with Gasteiger partial charge < -0.3 is 14.4 Å². The summed E-state index contributed by atoms with van der Waals surface area (Å²) in [5.41, 5.74) is 6.33. The van der Waals surface area contributed by atoms with Gasteiger partial charge >= 0.3 is 0 Å². The maximum atomic E-state index is 5.99. The van der Waals surface area contributed by atoms with Crippen molar-refractivity contribution in [3.63, 3.8) is 0 Å². The minimum Gasteiger partial charge on any atom is -0.478 e. The molecule has 0 bridgehead atoms. The van der Waals surface area contributed by atoms with E-state index in [1.807, 2.05) is 18.2 Å². The fourth-order valence-electron chi connectivity index (χ4n) is 5.34. The third kappa shape index (κ3) is 4.23. The number of anilines is 1. The summed E-state index contributed by atoms with van der Waals surface area (Å²) in [7, 11) is 0. The molecular formula is C31H32N2O2. The van der Waals surface area contributed by atoms with Gasteiger partial charge in [-0.05, 0) is 41.8 Å². The van der Waals surface area contributed by atoms with Crippen LogP contribution in [0.1, 0.15) is 37.0 Å². The van der Waals surface area contributed by atoms with Crippen LogP contribution in [0.4, 0.5) is 5.69 Å². The quantitative estimate of drug-likeness (QED) is 0.444. The normalized spacial score (nSPS) is 19.8. The molecule has 6 rings (SSSR count). The van der Waals surface area contributed by atoms with E-state index in [0.29, 0.717) is 19.5 Å². The lowest BCUT2D eigenvalue weighted by atomic mass is 9.75. The molecule has 1 unspecified atom stereocenters. The van der Waals surface area contributed by atoms with Gasteiger partial charge in [0, 0.05) is 41.4 Å². The lowest BCUT2D eigenvalue weighted by molar-refractivity contribution is 0.0723. The van der Waals surface area contributed by atoms with Gasteiger partial charge in [-0.25, -0.2) is 0 Å². The second kappa shape index (κ2) is 8.94. The van der Waals surface area contributed by atoms with E-state index in [0.717, 1.165) is 31.0 Å². The molecule has 4 heteroatoms. The third-order valence-electron chi connectivity index (χ3n) is 7.66. The average Bonchev–Trinajstić information content (AvgIpc) is 2.92. The van der Waals surface area contributed by atoms with Gasteiger partial charge in [-0.1, -0.05) is 80.6 Å². The summed E-state index contributed by atoms with van der Waals surface area (Å²) in [6.45, 7) is 7.67. The molecule has 0 amide bonds. The van der Waals surface area contributed by atoms with Crippen molar-refractivity contribution in [2.45, 2.75) is 44.8 Å². The molecule has 35 heavy (non-hydrogen) atoms. The minimum absolute atomic E-state index is 0.0595. The zero-order valence-electron chi connectivity index (χ0n) is 20.5. The summed E-state index contributed by atoms with van der Waals surface area (Å²) in [5.74, 6) is 2.01. The third-order valence-corrected chi connectivity index (χ3v) is 7.66. The maximum absolute atomic E-state index is 5.99. The molecular weight excluding hydrogens is 432 g/mol. The number of allylic oxidation sites excluding steroid dienone is 2. The van der Waals surface area contributed by atoms with Crippen LogP contribution in [0.2, 0.25) is 0 Å². The van der Waals surface area contributed by atoms with E-state index in [1.165, 1.54) is 28.0 Å². The molecule has 178 valence electrons. The van der Waals surface area contributed by atoms with Gasteiger partial charge in [0.25, 0.3) is 0 Å². The van der Waals surface area contributed by atoms with Crippen LogP contribution in [0.3, 0.4) is 0 Å². The largest absolute Gasteiger partial charge is 0.478 e. The number of para-hydroxylation sites is 2. The van der Waals surface area contributed by atoms with Crippen molar-refractivity contribution in [1.82, 2.24) is 4.90 Å². The first kappa shape index (κ1) is 22.0. The van der Waals surface area contributed by atoms with Gasteiger partial charge in [-0.3, -0.25) is 4.90 Å². The molecule has 0 saturated heterocycles. The first-order chi connectivity index (χ1) is 17.1. The molecule has 0 radical (unpaired) electrons. The number of hydrogen-bond donors (Lipinski definition) is 0. The molecule has 0 spiro atoms. The topological polar surface area (TPSA) is 24.9 Å².